The fraction of sp³-hybridized carbons (Fsp3) is 0.267. The van der Waals surface area contributed by atoms with E-state index in [0.717, 1.165) is 6.42 Å². The Hall–Kier alpha value is -1.83. The third-order valence-electron chi connectivity index (χ3n) is 3.15. The van der Waals surface area contributed by atoms with E-state index < -0.39 is 5.97 Å². The number of fused-ring (bicyclic) bond motifs is 1. The first-order chi connectivity index (χ1) is 8.18. The second kappa shape index (κ2) is 5.00. The molecule has 0 aliphatic carbocycles. The minimum Gasteiger partial charge on any atom is -0.481 e. The molecule has 1 N–H and O–H groups in total. The fourth-order valence-corrected chi connectivity index (χ4v) is 2.01. The van der Waals surface area contributed by atoms with Gasteiger partial charge in [-0.3, -0.25) is 4.79 Å². The highest BCUT2D eigenvalue weighted by Crippen LogP contribution is 2.21. The van der Waals surface area contributed by atoms with Gasteiger partial charge in [-0.05, 0) is 29.2 Å². The molecule has 17 heavy (non-hydrogen) atoms. The molecule has 2 heteroatoms. The standard InChI is InChI=1S/C15H16O2/c1-11(15(16)17)9-10-13-7-4-6-12-5-2-3-8-14(12)13/h2-8,11H,9-10H2,1H3,(H,16,17)/t11-/m0/s1. The Labute approximate surface area is 101 Å². The molecule has 0 aliphatic heterocycles. The van der Waals surface area contributed by atoms with Gasteiger partial charge >= 0.3 is 5.97 Å². The van der Waals surface area contributed by atoms with Crippen LogP contribution in [0.3, 0.4) is 0 Å². The molecule has 2 nitrogen and oxygen atoms in total. The smallest absolute Gasteiger partial charge is 0.306 e. The summed E-state index contributed by atoms with van der Waals surface area (Å²) in [4.78, 5) is 10.8. The summed E-state index contributed by atoms with van der Waals surface area (Å²) in [6.07, 6.45) is 1.50. The summed E-state index contributed by atoms with van der Waals surface area (Å²) in [7, 11) is 0. The van der Waals surface area contributed by atoms with Crippen LogP contribution in [0.5, 0.6) is 0 Å². The van der Waals surface area contributed by atoms with Crippen LogP contribution in [0, 0.1) is 5.92 Å². The maximum atomic E-state index is 10.8. The number of carbonyl (C=O) groups is 1. The highest BCUT2D eigenvalue weighted by Gasteiger charge is 2.11. The summed E-state index contributed by atoms with van der Waals surface area (Å²) in [5.41, 5.74) is 1.23. The number of aryl methyl sites for hydroxylation is 1. The molecule has 0 heterocycles. The highest BCUT2D eigenvalue weighted by molar-refractivity contribution is 5.85. The maximum absolute atomic E-state index is 10.8. The van der Waals surface area contributed by atoms with Crippen LogP contribution in [0.2, 0.25) is 0 Å². The van der Waals surface area contributed by atoms with E-state index in [9.17, 15) is 4.79 Å². The molecule has 0 radical (unpaired) electrons. The zero-order chi connectivity index (χ0) is 12.3. The minimum atomic E-state index is -0.717. The Morgan fingerprint density at radius 1 is 1.18 bits per heavy atom. The molecule has 0 spiro atoms. The van der Waals surface area contributed by atoms with E-state index in [-0.39, 0.29) is 5.92 Å². The number of aliphatic carboxylic acids is 1. The van der Waals surface area contributed by atoms with E-state index in [1.807, 2.05) is 18.2 Å². The Morgan fingerprint density at radius 2 is 1.88 bits per heavy atom. The molecule has 0 unspecified atom stereocenters. The predicted octanol–water partition coefficient (Wildman–Crippen LogP) is 3.49. The third kappa shape index (κ3) is 2.64. The summed E-state index contributed by atoms with van der Waals surface area (Å²) in [5, 5.41) is 11.3. The van der Waals surface area contributed by atoms with Gasteiger partial charge in [-0.25, -0.2) is 0 Å². The molecule has 0 saturated carbocycles. The summed E-state index contributed by atoms with van der Waals surface area (Å²) < 4.78 is 0. The lowest BCUT2D eigenvalue weighted by Crippen LogP contribution is -2.10. The number of benzene rings is 2. The number of carboxylic acids is 1. The summed E-state index contributed by atoms with van der Waals surface area (Å²) in [5.74, 6) is -1.00. The minimum absolute atomic E-state index is 0.283. The second-order valence-electron chi connectivity index (χ2n) is 4.42. The summed E-state index contributed by atoms with van der Waals surface area (Å²) in [6, 6.07) is 14.4. The first-order valence-electron chi connectivity index (χ1n) is 5.88. The van der Waals surface area contributed by atoms with Gasteiger partial charge in [0, 0.05) is 0 Å². The SMILES string of the molecule is C[C@@H](CCc1cccc2ccccc12)C(=O)O. The summed E-state index contributed by atoms with van der Waals surface area (Å²) >= 11 is 0. The van der Waals surface area contributed by atoms with Crippen LogP contribution in [0.15, 0.2) is 42.5 Å². The average molecular weight is 228 g/mol. The lowest BCUT2D eigenvalue weighted by Gasteiger charge is -2.08. The van der Waals surface area contributed by atoms with E-state index in [1.165, 1.54) is 16.3 Å². The van der Waals surface area contributed by atoms with Crippen LogP contribution < -0.4 is 0 Å². The van der Waals surface area contributed by atoms with Crippen molar-refractivity contribution in [2.45, 2.75) is 19.8 Å². The van der Waals surface area contributed by atoms with Crippen molar-refractivity contribution in [3.8, 4) is 0 Å². The molecule has 0 fully saturated rings. The Kier molecular flexibility index (Phi) is 3.43. The Morgan fingerprint density at radius 3 is 2.65 bits per heavy atom. The van der Waals surface area contributed by atoms with Crippen molar-refractivity contribution in [3.05, 3.63) is 48.0 Å². The van der Waals surface area contributed by atoms with Gasteiger partial charge in [0.05, 0.1) is 5.92 Å². The molecule has 2 rings (SSSR count). The van der Waals surface area contributed by atoms with E-state index in [4.69, 9.17) is 5.11 Å². The van der Waals surface area contributed by atoms with Crippen molar-refractivity contribution in [3.63, 3.8) is 0 Å². The highest BCUT2D eigenvalue weighted by atomic mass is 16.4. The van der Waals surface area contributed by atoms with Gasteiger partial charge in [0.2, 0.25) is 0 Å². The Balaban J connectivity index is 2.21. The molecule has 1 atom stereocenters. The molecular weight excluding hydrogens is 212 g/mol. The second-order valence-corrected chi connectivity index (χ2v) is 4.42. The molecule has 0 aliphatic rings. The van der Waals surface area contributed by atoms with Crippen LogP contribution in [0.4, 0.5) is 0 Å². The number of rotatable bonds is 4. The van der Waals surface area contributed by atoms with Crippen molar-refractivity contribution >= 4 is 16.7 Å². The molecule has 0 bridgehead atoms. The van der Waals surface area contributed by atoms with Gasteiger partial charge < -0.3 is 5.11 Å². The lowest BCUT2D eigenvalue weighted by molar-refractivity contribution is -0.141. The molecule has 0 aromatic heterocycles. The van der Waals surface area contributed by atoms with Crippen molar-refractivity contribution in [1.29, 1.82) is 0 Å². The quantitative estimate of drug-likeness (QED) is 0.869. The maximum Gasteiger partial charge on any atom is 0.306 e. The molecule has 88 valence electrons. The first kappa shape index (κ1) is 11.6. The number of carboxylic acid groups (broad SMARTS) is 1. The van der Waals surface area contributed by atoms with E-state index >= 15 is 0 Å². The van der Waals surface area contributed by atoms with Crippen molar-refractivity contribution < 1.29 is 9.90 Å². The van der Waals surface area contributed by atoms with Gasteiger partial charge in [0.1, 0.15) is 0 Å². The fourth-order valence-electron chi connectivity index (χ4n) is 2.01. The number of hydrogen-bond acceptors (Lipinski definition) is 1. The van der Waals surface area contributed by atoms with Crippen molar-refractivity contribution in [2.24, 2.45) is 5.92 Å². The molecule has 2 aromatic rings. The molecule has 0 saturated heterocycles. The zero-order valence-electron chi connectivity index (χ0n) is 9.89. The molecule has 2 aromatic carbocycles. The van der Waals surface area contributed by atoms with Gasteiger partial charge in [-0.2, -0.15) is 0 Å². The van der Waals surface area contributed by atoms with Gasteiger partial charge in [0.25, 0.3) is 0 Å². The van der Waals surface area contributed by atoms with Crippen LogP contribution in [0.25, 0.3) is 10.8 Å². The third-order valence-corrected chi connectivity index (χ3v) is 3.15. The van der Waals surface area contributed by atoms with E-state index in [0.29, 0.717) is 6.42 Å². The van der Waals surface area contributed by atoms with E-state index in [2.05, 4.69) is 24.3 Å². The van der Waals surface area contributed by atoms with Crippen LogP contribution in [-0.2, 0) is 11.2 Å². The van der Waals surface area contributed by atoms with E-state index in [1.54, 1.807) is 6.92 Å². The lowest BCUT2D eigenvalue weighted by atomic mass is 9.97. The molecule has 0 amide bonds. The largest absolute Gasteiger partial charge is 0.481 e. The monoisotopic (exact) mass is 228 g/mol. The normalized spacial score (nSPS) is 12.5. The van der Waals surface area contributed by atoms with Crippen molar-refractivity contribution in [2.75, 3.05) is 0 Å². The van der Waals surface area contributed by atoms with Gasteiger partial charge in [-0.1, -0.05) is 49.4 Å². The predicted molar refractivity (Wildman–Crippen MR) is 69.1 cm³/mol. The topological polar surface area (TPSA) is 37.3 Å². The van der Waals surface area contributed by atoms with Crippen molar-refractivity contribution in [1.82, 2.24) is 0 Å². The number of hydrogen-bond donors (Lipinski definition) is 1. The average Bonchev–Trinajstić information content (AvgIpc) is 2.35. The zero-order valence-corrected chi connectivity index (χ0v) is 9.89. The van der Waals surface area contributed by atoms with Crippen LogP contribution in [0.1, 0.15) is 18.9 Å². The Bertz CT molecular complexity index is 526. The van der Waals surface area contributed by atoms with Gasteiger partial charge in [-0.15, -0.1) is 0 Å². The van der Waals surface area contributed by atoms with Crippen LogP contribution in [-0.4, -0.2) is 11.1 Å². The summed E-state index contributed by atoms with van der Waals surface area (Å²) in [6.45, 7) is 1.76. The first-order valence-corrected chi connectivity index (χ1v) is 5.88. The molecular formula is C15H16O2. The van der Waals surface area contributed by atoms with Gasteiger partial charge in [0.15, 0.2) is 0 Å². The van der Waals surface area contributed by atoms with Crippen LogP contribution >= 0.6 is 0 Å².